The van der Waals surface area contributed by atoms with Crippen molar-refractivity contribution in [2.24, 2.45) is 0 Å². The van der Waals surface area contributed by atoms with Crippen molar-refractivity contribution in [3.8, 4) is 0 Å². The van der Waals surface area contributed by atoms with E-state index in [1.54, 1.807) is 11.8 Å². The maximum Gasteiger partial charge on any atom is 0.0774 e. The Morgan fingerprint density at radius 2 is 1.64 bits per heavy atom. The van der Waals surface area contributed by atoms with Gasteiger partial charge in [-0.2, -0.15) is 0 Å². The zero-order chi connectivity index (χ0) is 10.6. The van der Waals surface area contributed by atoms with Gasteiger partial charge in [0.1, 0.15) is 0 Å². The minimum Gasteiger partial charge on any atom is -0.371 e. The molecule has 0 radical (unpaired) electrons. The molecule has 0 aliphatic heterocycles. The molecule has 0 aliphatic rings. The molecule has 1 aromatic carbocycles. The van der Waals surface area contributed by atoms with Gasteiger partial charge >= 0.3 is 0 Å². The van der Waals surface area contributed by atoms with E-state index in [0.29, 0.717) is 0 Å². The molecule has 0 atom stereocenters. The van der Waals surface area contributed by atoms with Crippen molar-refractivity contribution in [2.45, 2.75) is 23.6 Å². The van der Waals surface area contributed by atoms with Gasteiger partial charge in [-0.05, 0) is 50.6 Å². The first kappa shape index (κ1) is 11.8. The van der Waals surface area contributed by atoms with Crippen LogP contribution in [0.2, 0.25) is 0 Å². The van der Waals surface area contributed by atoms with E-state index >= 15 is 0 Å². The van der Waals surface area contributed by atoms with E-state index in [0.717, 1.165) is 0 Å². The summed E-state index contributed by atoms with van der Waals surface area (Å²) in [5, 5.41) is 3.47. The quantitative estimate of drug-likeness (QED) is 0.618. The van der Waals surface area contributed by atoms with Crippen molar-refractivity contribution >= 4 is 29.2 Å². The van der Waals surface area contributed by atoms with E-state index in [1.807, 2.05) is 11.8 Å². The molecule has 0 heterocycles. The van der Waals surface area contributed by atoms with Crippen LogP contribution in [-0.2, 0) is 0 Å². The summed E-state index contributed by atoms with van der Waals surface area (Å²) in [4.78, 5) is 1.40. The lowest BCUT2D eigenvalue weighted by atomic mass is 10.3. The predicted octanol–water partition coefficient (Wildman–Crippen LogP) is 3.92. The lowest BCUT2D eigenvalue weighted by molar-refractivity contribution is 0.825. The number of nitrogens with one attached hydrogen (secondary N) is 1. The van der Waals surface area contributed by atoms with Gasteiger partial charge in [-0.25, -0.2) is 0 Å². The molecule has 78 valence electrons. The molecular formula is C11H17NS2. The van der Waals surface area contributed by atoms with Crippen LogP contribution in [0.15, 0.2) is 29.2 Å². The maximum atomic E-state index is 3.47. The Bertz CT molecular complexity index is 280. The topological polar surface area (TPSA) is 12.0 Å². The number of benzene rings is 1. The van der Waals surface area contributed by atoms with Gasteiger partial charge in [0.25, 0.3) is 0 Å². The number of rotatable bonds is 4. The van der Waals surface area contributed by atoms with Gasteiger partial charge in [0.15, 0.2) is 0 Å². The predicted molar refractivity (Wildman–Crippen MR) is 69.4 cm³/mol. The Balaban J connectivity index is 2.69. The van der Waals surface area contributed by atoms with Gasteiger partial charge in [-0.1, -0.05) is 0 Å². The van der Waals surface area contributed by atoms with Crippen LogP contribution in [0.1, 0.15) is 13.8 Å². The molecule has 1 nitrogen and oxygen atoms in total. The van der Waals surface area contributed by atoms with Gasteiger partial charge in [-0.3, -0.25) is 0 Å². The van der Waals surface area contributed by atoms with E-state index in [2.05, 4.69) is 55.9 Å². The highest BCUT2D eigenvalue weighted by Crippen LogP contribution is 2.25. The average molecular weight is 227 g/mol. The molecule has 1 N–H and O–H groups in total. The highest BCUT2D eigenvalue weighted by molar-refractivity contribution is 8.00. The highest BCUT2D eigenvalue weighted by Gasteiger charge is 2.14. The molecule has 0 spiro atoms. The van der Waals surface area contributed by atoms with E-state index in [-0.39, 0.29) is 4.87 Å². The summed E-state index contributed by atoms with van der Waals surface area (Å²) in [5.41, 5.74) is 1.18. The van der Waals surface area contributed by atoms with Crippen LogP contribution < -0.4 is 5.32 Å². The van der Waals surface area contributed by atoms with Crippen LogP contribution >= 0.6 is 23.5 Å². The molecule has 0 amide bonds. The molecule has 0 saturated heterocycles. The minimum absolute atomic E-state index is 0.0981. The summed E-state index contributed by atoms with van der Waals surface area (Å²) in [6.07, 6.45) is 4.21. The SMILES string of the molecule is CSc1ccc(NC(C)(C)SC)cc1. The monoisotopic (exact) mass is 227 g/mol. The van der Waals surface area contributed by atoms with Crippen LogP contribution in [0.5, 0.6) is 0 Å². The average Bonchev–Trinajstić information content (AvgIpc) is 2.19. The van der Waals surface area contributed by atoms with Crippen LogP contribution in [0, 0.1) is 0 Å². The van der Waals surface area contributed by atoms with E-state index in [9.17, 15) is 0 Å². The van der Waals surface area contributed by atoms with Crippen molar-refractivity contribution in [3.05, 3.63) is 24.3 Å². The second-order valence-corrected chi connectivity index (χ2v) is 5.88. The standard InChI is InChI=1S/C11H17NS2/c1-11(2,14-4)12-9-5-7-10(13-3)8-6-9/h5-8,12H,1-4H3. The normalized spacial score (nSPS) is 11.4. The fourth-order valence-electron chi connectivity index (χ4n) is 1.07. The zero-order valence-electron chi connectivity index (χ0n) is 9.13. The van der Waals surface area contributed by atoms with E-state index in [1.165, 1.54) is 10.6 Å². The second kappa shape index (κ2) is 4.99. The summed E-state index contributed by atoms with van der Waals surface area (Å²) in [5.74, 6) is 0. The van der Waals surface area contributed by atoms with Crippen molar-refractivity contribution in [1.29, 1.82) is 0 Å². The highest BCUT2D eigenvalue weighted by atomic mass is 32.2. The van der Waals surface area contributed by atoms with E-state index < -0.39 is 0 Å². The third-order valence-corrected chi connectivity index (χ3v) is 3.91. The Kier molecular flexibility index (Phi) is 4.20. The molecule has 0 unspecified atom stereocenters. The number of hydrogen-bond donors (Lipinski definition) is 1. The van der Waals surface area contributed by atoms with Crippen molar-refractivity contribution in [3.63, 3.8) is 0 Å². The van der Waals surface area contributed by atoms with Gasteiger partial charge in [0.2, 0.25) is 0 Å². The van der Waals surface area contributed by atoms with Gasteiger partial charge in [-0.15, -0.1) is 23.5 Å². The lowest BCUT2D eigenvalue weighted by Crippen LogP contribution is -2.25. The summed E-state index contributed by atoms with van der Waals surface area (Å²) in [7, 11) is 0. The molecule has 3 heteroatoms. The summed E-state index contributed by atoms with van der Waals surface area (Å²) >= 11 is 3.58. The van der Waals surface area contributed by atoms with Crippen LogP contribution in [0.25, 0.3) is 0 Å². The summed E-state index contributed by atoms with van der Waals surface area (Å²) < 4.78 is 0. The maximum absolute atomic E-state index is 3.47. The first-order valence-corrected chi connectivity index (χ1v) is 7.00. The molecule has 0 aliphatic carbocycles. The number of hydrogen-bond acceptors (Lipinski definition) is 3. The smallest absolute Gasteiger partial charge is 0.0774 e. The fraction of sp³-hybridized carbons (Fsp3) is 0.455. The molecule has 1 aromatic rings. The van der Waals surface area contributed by atoms with Crippen LogP contribution in [0.4, 0.5) is 5.69 Å². The van der Waals surface area contributed by atoms with Gasteiger partial charge in [0, 0.05) is 10.6 Å². The number of anilines is 1. The molecule has 1 rings (SSSR count). The lowest BCUT2D eigenvalue weighted by Gasteiger charge is -2.25. The molecular weight excluding hydrogens is 210 g/mol. The minimum atomic E-state index is 0.0981. The van der Waals surface area contributed by atoms with Gasteiger partial charge < -0.3 is 5.32 Å². The first-order valence-electron chi connectivity index (χ1n) is 4.55. The van der Waals surface area contributed by atoms with Crippen LogP contribution in [-0.4, -0.2) is 17.4 Å². The summed E-state index contributed by atoms with van der Waals surface area (Å²) in [6.45, 7) is 4.36. The van der Waals surface area contributed by atoms with Crippen molar-refractivity contribution in [2.75, 3.05) is 17.8 Å². The number of thioether (sulfide) groups is 2. The van der Waals surface area contributed by atoms with Crippen molar-refractivity contribution < 1.29 is 0 Å². The zero-order valence-corrected chi connectivity index (χ0v) is 10.8. The van der Waals surface area contributed by atoms with Crippen LogP contribution in [0.3, 0.4) is 0 Å². The molecule has 0 aromatic heterocycles. The Morgan fingerprint density at radius 3 is 2.07 bits per heavy atom. The molecule has 14 heavy (non-hydrogen) atoms. The first-order chi connectivity index (χ1) is 6.57. The Morgan fingerprint density at radius 1 is 1.07 bits per heavy atom. The van der Waals surface area contributed by atoms with Gasteiger partial charge in [0.05, 0.1) is 4.87 Å². The third-order valence-electron chi connectivity index (χ3n) is 2.05. The largest absolute Gasteiger partial charge is 0.371 e. The van der Waals surface area contributed by atoms with E-state index in [4.69, 9.17) is 0 Å². The van der Waals surface area contributed by atoms with Crippen molar-refractivity contribution in [1.82, 2.24) is 0 Å². The second-order valence-electron chi connectivity index (χ2n) is 3.57. The third kappa shape index (κ3) is 3.46. The Labute approximate surface area is 95.1 Å². The molecule has 0 fully saturated rings. The molecule has 0 bridgehead atoms. The fourth-order valence-corrected chi connectivity index (χ4v) is 1.70. The molecule has 0 saturated carbocycles. The Hall–Kier alpha value is -0.280. The summed E-state index contributed by atoms with van der Waals surface area (Å²) in [6, 6.07) is 8.54.